The molecule has 0 amide bonds. The van der Waals surface area contributed by atoms with Crippen molar-refractivity contribution in [1.82, 2.24) is 15.5 Å². The fourth-order valence-corrected chi connectivity index (χ4v) is 2.99. The van der Waals surface area contributed by atoms with Gasteiger partial charge in [-0.05, 0) is 43.0 Å². The summed E-state index contributed by atoms with van der Waals surface area (Å²) in [5, 5.41) is 6.32. The first-order chi connectivity index (χ1) is 11.8. The quantitative estimate of drug-likeness (QED) is 0.290. The van der Waals surface area contributed by atoms with Crippen molar-refractivity contribution in [2.24, 2.45) is 4.99 Å². The predicted octanol–water partition coefficient (Wildman–Crippen LogP) is 3.10. The van der Waals surface area contributed by atoms with Crippen LogP contribution < -0.4 is 10.6 Å². The van der Waals surface area contributed by atoms with Gasteiger partial charge in [0.15, 0.2) is 5.96 Å². The van der Waals surface area contributed by atoms with Crippen LogP contribution in [0.15, 0.2) is 23.2 Å². The van der Waals surface area contributed by atoms with Crippen LogP contribution in [0.25, 0.3) is 0 Å². The normalized spacial score (nSPS) is 18.5. The van der Waals surface area contributed by atoms with Gasteiger partial charge in [-0.15, -0.1) is 24.0 Å². The van der Waals surface area contributed by atoms with E-state index in [1.807, 2.05) is 6.92 Å². The topological polar surface area (TPSA) is 39.7 Å². The summed E-state index contributed by atoms with van der Waals surface area (Å²) in [4.78, 5) is 5.51. The fraction of sp³-hybridized carbons (Fsp3) is 0.588. The third-order valence-electron chi connectivity index (χ3n) is 4.23. The number of benzene rings is 1. The van der Waals surface area contributed by atoms with Crippen LogP contribution in [0.2, 0.25) is 0 Å². The second kappa shape index (κ2) is 10.3. The molecule has 1 unspecified atom stereocenters. The van der Waals surface area contributed by atoms with Crippen LogP contribution in [0.5, 0.6) is 0 Å². The average Bonchev–Trinajstić information content (AvgIpc) is 2.93. The zero-order valence-corrected chi connectivity index (χ0v) is 17.2. The molecule has 9 heteroatoms. The van der Waals surface area contributed by atoms with Crippen molar-refractivity contribution in [2.75, 3.05) is 33.2 Å². The standard InChI is InChI=1S/C17H24F4N4.HI/c1-12-9-14(18)4-3-13(12)5-7-23-16(22-2)24-15-6-8-25(10-15)11-17(19,20)21;/h3-4,9,15H,5-8,10-11H2,1-2H3,(H2,22,23,24);1H. The highest BCUT2D eigenvalue weighted by molar-refractivity contribution is 14.0. The van der Waals surface area contributed by atoms with Crippen LogP contribution in [0.3, 0.4) is 0 Å². The number of guanidine groups is 1. The van der Waals surface area contributed by atoms with Crippen LogP contribution in [-0.4, -0.2) is 56.3 Å². The molecule has 1 fully saturated rings. The number of aryl methyl sites for hydroxylation is 1. The first-order valence-corrected chi connectivity index (χ1v) is 8.28. The van der Waals surface area contributed by atoms with Crippen molar-refractivity contribution in [3.63, 3.8) is 0 Å². The molecule has 1 aliphatic heterocycles. The first-order valence-electron chi connectivity index (χ1n) is 8.28. The SMILES string of the molecule is CN=C(NCCc1ccc(F)cc1C)NC1CCN(CC(F)(F)F)C1.I. The minimum absolute atomic E-state index is 0. The van der Waals surface area contributed by atoms with Crippen LogP contribution in [0.1, 0.15) is 17.5 Å². The molecule has 0 saturated carbocycles. The van der Waals surface area contributed by atoms with Crippen molar-refractivity contribution in [1.29, 1.82) is 0 Å². The Balaban J connectivity index is 0.00000338. The number of alkyl halides is 3. The second-order valence-electron chi connectivity index (χ2n) is 6.30. The number of hydrogen-bond acceptors (Lipinski definition) is 2. The van der Waals surface area contributed by atoms with Gasteiger partial charge < -0.3 is 10.6 Å². The van der Waals surface area contributed by atoms with Gasteiger partial charge in [0.1, 0.15) is 5.82 Å². The summed E-state index contributed by atoms with van der Waals surface area (Å²) in [7, 11) is 1.63. The van der Waals surface area contributed by atoms with Crippen LogP contribution in [0.4, 0.5) is 17.6 Å². The molecule has 1 aliphatic rings. The van der Waals surface area contributed by atoms with Crippen molar-refractivity contribution in [2.45, 2.75) is 32.0 Å². The number of aliphatic imine (C=N–C) groups is 1. The molecule has 1 aromatic carbocycles. The molecule has 0 spiro atoms. The molecule has 0 aliphatic carbocycles. The van der Waals surface area contributed by atoms with Crippen molar-refractivity contribution in [3.8, 4) is 0 Å². The van der Waals surface area contributed by atoms with Gasteiger partial charge in [0.2, 0.25) is 0 Å². The summed E-state index contributed by atoms with van der Waals surface area (Å²) in [6, 6.07) is 4.63. The molecular weight excluding hydrogens is 463 g/mol. The van der Waals surface area contributed by atoms with E-state index in [0.29, 0.717) is 38.4 Å². The molecule has 2 rings (SSSR count). The molecule has 1 aromatic rings. The van der Waals surface area contributed by atoms with E-state index >= 15 is 0 Å². The first kappa shape index (κ1) is 22.9. The lowest BCUT2D eigenvalue weighted by molar-refractivity contribution is -0.143. The van der Waals surface area contributed by atoms with E-state index in [2.05, 4.69) is 15.6 Å². The Morgan fingerprint density at radius 3 is 2.69 bits per heavy atom. The highest BCUT2D eigenvalue weighted by atomic mass is 127. The third kappa shape index (κ3) is 7.65. The molecular formula is C17H25F4IN4. The lowest BCUT2D eigenvalue weighted by Gasteiger charge is -2.20. The highest BCUT2D eigenvalue weighted by Crippen LogP contribution is 2.19. The summed E-state index contributed by atoms with van der Waals surface area (Å²) in [6.45, 7) is 2.35. The van der Waals surface area contributed by atoms with Gasteiger partial charge >= 0.3 is 6.18 Å². The summed E-state index contributed by atoms with van der Waals surface area (Å²) >= 11 is 0. The van der Waals surface area contributed by atoms with E-state index in [0.717, 1.165) is 11.1 Å². The zero-order valence-electron chi connectivity index (χ0n) is 14.9. The maximum atomic E-state index is 13.1. The molecule has 0 radical (unpaired) electrons. The van der Waals surface area contributed by atoms with Crippen LogP contribution in [-0.2, 0) is 6.42 Å². The van der Waals surface area contributed by atoms with E-state index in [-0.39, 0.29) is 35.8 Å². The molecule has 26 heavy (non-hydrogen) atoms. The molecule has 1 heterocycles. The fourth-order valence-electron chi connectivity index (χ4n) is 2.99. The maximum absolute atomic E-state index is 13.1. The lowest BCUT2D eigenvalue weighted by Crippen LogP contribution is -2.45. The Bertz CT molecular complexity index is 607. The number of nitrogens with zero attached hydrogens (tertiary/aromatic N) is 2. The molecule has 1 atom stereocenters. The van der Waals surface area contributed by atoms with Gasteiger partial charge in [0, 0.05) is 32.7 Å². The summed E-state index contributed by atoms with van der Waals surface area (Å²) in [5.74, 6) is 0.315. The summed E-state index contributed by atoms with van der Waals surface area (Å²) < 4.78 is 50.4. The Hall–Kier alpha value is -1.10. The second-order valence-corrected chi connectivity index (χ2v) is 6.30. The van der Waals surface area contributed by atoms with E-state index in [9.17, 15) is 17.6 Å². The monoisotopic (exact) mass is 488 g/mol. The van der Waals surface area contributed by atoms with Gasteiger partial charge in [-0.3, -0.25) is 9.89 Å². The van der Waals surface area contributed by atoms with Gasteiger partial charge in [-0.25, -0.2) is 4.39 Å². The Morgan fingerprint density at radius 2 is 2.08 bits per heavy atom. The Labute approximate surface area is 168 Å². The van der Waals surface area contributed by atoms with Crippen molar-refractivity contribution >= 4 is 29.9 Å². The van der Waals surface area contributed by atoms with E-state index < -0.39 is 12.7 Å². The number of rotatable bonds is 5. The molecule has 0 aromatic heterocycles. The summed E-state index contributed by atoms with van der Waals surface area (Å²) in [5.41, 5.74) is 1.94. The molecule has 0 bridgehead atoms. The smallest absolute Gasteiger partial charge is 0.356 e. The van der Waals surface area contributed by atoms with Gasteiger partial charge in [-0.2, -0.15) is 13.2 Å². The largest absolute Gasteiger partial charge is 0.401 e. The van der Waals surface area contributed by atoms with Crippen LogP contribution >= 0.6 is 24.0 Å². The minimum atomic E-state index is -4.16. The Morgan fingerprint density at radius 1 is 1.35 bits per heavy atom. The predicted molar refractivity (Wildman–Crippen MR) is 106 cm³/mol. The molecule has 148 valence electrons. The maximum Gasteiger partial charge on any atom is 0.401 e. The Kier molecular flexibility index (Phi) is 9.08. The summed E-state index contributed by atoms with van der Waals surface area (Å²) in [6.07, 6.45) is -2.81. The van der Waals surface area contributed by atoms with Crippen LogP contribution in [0, 0.1) is 12.7 Å². The molecule has 2 N–H and O–H groups in total. The third-order valence-corrected chi connectivity index (χ3v) is 4.23. The number of halogens is 5. The highest BCUT2D eigenvalue weighted by Gasteiger charge is 2.34. The molecule has 1 saturated heterocycles. The van der Waals surface area contributed by atoms with E-state index in [4.69, 9.17) is 0 Å². The van der Waals surface area contributed by atoms with Gasteiger partial charge in [0.05, 0.1) is 6.54 Å². The average molecular weight is 488 g/mol. The van der Waals surface area contributed by atoms with Gasteiger partial charge in [-0.1, -0.05) is 6.07 Å². The van der Waals surface area contributed by atoms with Gasteiger partial charge in [0.25, 0.3) is 0 Å². The van der Waals surface area contributed by atoms with Crippen molar-refractivity contribution in [3.05, 3.63) is 35.1 Å². The van der Waals surface area contributed by atoms with E-state index in [1.165, 1.54) is 17.0 Å². The zero-order chi connectivity index (χ0) is 18.4. The number of hydrogen-bond donors (Lipinski definition) is 2. The minimum Gasteiger partial charge on any atom is -0.356 e. The van der Waals surface area contributed by atoms with Crippen molar-refractivity contribution < 1.29 is 17.6 Å². The number of likely N-dealkylation sites (tertiary alicyclic amines) is 1. The number of nitrogens with one attached hydrogen (secondary N) is 2. The molecule has 4 nitrogen and oxygen atoms in total. The van der Waals surface area contributed by atoms with E-state index in [1.54, 1.807) is 13.1 Å². The lowest BCUT2D eigenvalue weighted by atomic mass is 10.1.